The van der Waals surface area contributed by atoms with Crippen LogP contribution in [-0.2, 0) is 0 Å². The molecule has 130 valence electrons. The van der Waals surface area contributed by atoms with Gasteiger partial charge in [0.25, 0.3) is 0 Å². The van der Waals surface area contributed by atoms with E-state index in [9.17, 15) is 0 Å². The van der Waals surface area contributed by atoms with Crippen molar-refractivity contribution in [2.75, 3.05) is 11.9 Å². The first-order valence-corrected chi connectivity index (χ1v) is 9.41. The quantitative estimate of drug-likeness (QED) is 0.487. The Balaban J connectivity index is 1.76. The van der Waals surface area contributed by atoms with E-state index in [1.54, 1.807) is 17.7 Å². The minimum Gasteiger partial charge on any atom is -0.494 e. The van der Waals surface area contributed by atoms with Crippen LogP contribution in [0, 0.1) is 6.92 Å². The second-order valence-electron chi connectivity index (χ2n) is 6.00. The smallest absolute Gasteiger partial charge is 0.143 e. The number of hydrogen-bond donors (Lipinski definition) is 1. The van der Waals surface area contributed by atoms with E-state index in [1.807, 2.05) is 31.2 Å². The van der Waals surface area contributed by atoms with Crippen molar-refractivity contribution in [1.82, 2.24) is 9.97 Å². The van der Waals surface area contributed by atoms with Gasteiger partial charge in [-0.3, -0.25) is 0 Å². The molecule has 0 aliphatic rings. The molecule has 0 aliphatic heterocycles. The first-order valence-electron chi connectivity index (χ1n) is 8.53. The van der Waals surface area contributed by atoms with Crippen LogP contribution in [0.4, 0.5) is 11.5 Å². The number of aryl methyl sites for hydroxylation is 1. The van der Waals surface area contributed by atoms with Gasteiger partial charge in [0.15, 0.2) is 0 Å². The summed E-state index contributed by atoms with van der Waals surface area (Å²) in [5.41, 5.74) is 4.48. The minimum atomic E-state index is 0.666. The molecule has 4 rings (SSSR count). The number of rotatable bonds is 5. The average Bonchev–Trinajstić information content (AvgIpc) is 3.08. The van der Waals surface area contributed by atoms with Gasteiger partial charge in [-0.05, 0) is 49.2 Å². The summed E-state index contributed by atoms with van der Waals surface area (Å²) >= 11 is 1.63. The van der Waals surface area contributed by atoms with Crippen molar-refractivity contribution in [3.8, 4) is 16.9 Å². The molecule has 2 heterocycles. The third kappa shape index (κ3) is 3.26. The highest BCUT2D eigenvalue weighted by atomic mass is 32.1. The first kappa shape index (κ1) is 16.5. The van der Waals surface area contributed by atoms with Gasteiger partial charge in [-0.2, -0.15) is 0 Å². The summed E-state index contributed by atoms with van der Waals surface area (Å²) < 4.78 is 5.55. The Bertz CT molecular complexity index is 1040. The number of nitrogens with zero attached hydrogens (tertiary/aromatic N) is 2. The first-order chi connectivity index (χ1) is 12.7. The fraction of sp³-hybridized carbons (Fsp3) is 0.143. The van der Waals surface area contributed by atoms with Crippen LogP contribution in [0.5, 0.6) is 5.75 Å². The van der Waals surface area contributed by atoms with Crippen molar-refractivity contribution in [1.29, 1.82) is 0 Å². The molecule has 4 aromatic rings. The molecule has 0 saturated carbocycles. The van der Waals surface area contributed by atoms with Gasteiger partial charge in [0.1, 0.15) is 22.7 Å². The maximum absolute atomic E-state index is 5.55. The predicted molar refractivity (Wildman–Crippen MR) is 108 cm³/mol. The molecule has 2 aromatic heterocycles. The van der Waals surface area contributed by atoms with Gasteiger partial charge in [-0.25, -0.2) is 9.97 Å². The van der Waals surface area contributed by atoms with E-state index < -0.39 is 0 Å². The van der Waals surface area contributed by atoms with Crippen LogP contribution < -0.4 is 10.1 Å². The van der Waals surface area contributed by atoms with E-state index in [0.717, 1.165) is 38.6 Å². The van der Waals surface area contributed by atoms with Gasteiger partial charge in [-0.15, -0.1) is 11.3 Å². The zero-order valence-corrected chi connectivity index (χ0v) is 15.5. The molecular formula is C21H19N3OS. The number of thiophene rings is 1. The lowest BCUT2D eigenvalue weighted by molar-refractivity contribution is 0.340. The zero-order valence-electron chi connectivity index (χ0n) is 14.7. The summed E-state index contributed by atoms with van der Waals surface area (Å²) in [6, 6.07) is 16.4. The summed E-state index contributed by atoms with van der Waals surface area (Å²) in [5, 5.41) is 6.63. The number of nitrogens with one attached hydrogen (secondary N) is 1. The normalized spacial score (nSPS) is 10.8. The lowest BCUT2D eigenvalue weighted by Gasteiger charge is -2.09. The molecule has 5 heteroatoms. The number of benzene rings is 2. The molecular weight excluding hydrogens is 342 g/mol. The number of fused-ring (bicyclic) bond motifs is 1. The molecule has 0 spiro atoms. The van der Waals surface area contributed by atoms with E-state index >= 15 is 0 Å². The fourth-order valence-electron chi connectivity index (χ4n) is 2.94. The Hall–Kier alpha value is -2.92. The Morgan fingerprint density at radius 3 is 2.69 bits per heavy atom. The molecule has 2 aromatic carbocycles. The van der Waals surface area contributed by atoms with Gasteiger partial charge in [0, 0.05) is 16.6 Å². The maximum atomic E-state index is 5.55. The van der Waals surface area contributed by atoms with Crippen molar-refractivity contribution in [3.63, 3.8) is 0 Å². The SMILES string of the molecule is CCOc1ccc(-c2csc3ncnc(Nc4cccc(C)c4)c23)cc1. The summed E-state index contributed by atoms with van der Waals surface area (Å²) in [4.78, 5) is 9.91. The lowest BCUT2D eigenvalue weighted by atomic mass is 10.1. The zero-order chi connectivity index (χ0) is 17.9. The number of aromatic nitrogens is 2. The number of anilines is 2. The molecule has 0 saturated heterocycles. The second-order valence-corrected chi connectivity index (χ2v) is 6.86. The van der Waals surface area contributed by atoms with Crippen molar-refractivity contribution in [3.05, 3.63) is 65.8 Å². The molecule has 0 radical (unpaired) electrons. The molecule has 26 heavy (non-hydrogen) atoms. The van der Waals surface area contributed by atoms with E-state index in [4.69, 9.17) is 4.74 Å². The summed E-state index contributed by atoms with van der Waals surface area (Å²) in [6.45, 7) is 4.73. The fourth-order valence-corrected chi connectivity index (χ4v) is 3.86. The summed E-state index contributed by atoms with van der Waals surface area (Å²) in [6.07, 6.45) is 1.61. The van der Waals surface area contributed by atoms with Crippen LogP contribution in [0.25, 0.3) is 21.3 Å². The van der Waals surface area contributed by atoms with Crippen LogP contribution in [0.15, 0.2) is 60.2 Å². The van der Waals surface area contributed by atoms with Gasteiger partial charge in [0.05, 0.1) is 12.0 Å². The Morgan fingerprint density at radius 1 is 1.08 bits per heavy atom. The van der Waals surface area contributed by atoms with Gasteiger partial charge >= 0.3 is 0 Å². The van der Waals surface area contributed by atoms with Crippen LogP contribution in [0.3, 0.4) is 0 Å². The summed E-state index contributed by atoms with van der Waals surface area (Å²) in [7, 11) is 0. The monoisotopic (exact) mass is 361 g/mol. The lowest BCUT2D eigenvalue weighted by Crippen LogP contribution is -1.96. The third-order valence-corrected chi connectivity index (χ3v) is 5.01. The third-order valence-electron chi connectivity index (χ3n) is 4.13. The Labute approximate surface area is 156 Å². The number of hydrogen-bond acceptors (Lipinski definition) is 5. The molecule has 1 N–H and O–H groups in total. The molecule has 0 bridgehead atoms. The van der Waals surface area contributed by atoms with Crippen LogP contribution in [0.1, 0.15) is 12.5 Å². The predicted octanol–water partition coefficient (Wildman–Crippen LogP) is 5.81. The van der Waals surface area contributed by atoms with Crippen molar-refractivity contribution in [2.24, 2.45) is 0 Å². The van der Waals surface area contributed by atoms with Crippen molar-refractivity contribution < 1.29 is 4.74 Å². The van der Waals surface area contributed by atoms with Crippen molar-refractivity contribution >= 4 is 33.1 Å². The standard InChI is InChI=1S/C21H19N3OS/c1-3-25-17-9-7-15(8-10-17)18-12-26-21-19(18)20(22-13-23-21)24-16-6-4-5-14(2)11-16/h4-13H,3H2,1-2H3,(H,22,23,24). The van der Waals surface area contributed by atoms with E-state index in [1.165, 1.54) is 5.56 Å². The highest BCUT2D eigenvalue weighted by Gasteiger charge is 2.13. The average molecular weight is 361 g/mol. The molecule has 0 aliphatic carbocycles. The molecule has 0 atom stereocenters. The van der Waals surface area contributed by atoms with Gasteiger partial charge < -0.3 is 10.1 Å². The van der Waals surface area contributed by atoms with Gasteiger partial charge in [0.2, 0.25) is 0 Å². The molecule has 4 nitrogen and oxygen atoms in total. The maximum Gasteiger partial charge on any atom is 0.143 e. The minimum absolute atomic E-state index is 0.666. The number of ether oxygens (including phenoxy) is 1. The second kappa shape index (κ2) is 7.14. The van der Waals surface area contributed by atoms with E-state index in [-0.39, 0.29) is 0 Å². The summed E-state index contributed by atoms with van der Waals surface area (Å²) in [5.74, 6) is 1.70. The van der Waals surface area contributed by atoms with Crippen LogP contribution in [0.2, 0.25) is 0 Å². The molecule has 0 amide bonds. The Morgan fingerprint density at radius 2 is 1.92 bits per heavy atom. The van der Waals surface area contributed by atoms with E-state index in [0.29, 0.717) is 6.61 Å². The Kier molecular flexibility index (Phi) is 4.54. The van der Waals surface area contributed by atoms with Crippen LogP contribution >= 0.6 is 11.3 Å². The molecule has 0 fully saturated rings. The molecule has 0 unspecified atom stereocenters. The highest BCUT2D eigenvalue weighted by molar-refractivity contribution is 7.17. The largest absolute Gasteiger partial charge is 0.494 e. The van der Waals surface area contributed by atoms with Gasteiger partial charge in [-0.1, -0.05) is 24.3 Å². The topological polar surface area (TPSA) is 47.0 Å². The van der Waals surface area contributed by atoms with Crippen LogP contribution in [-0.4, -0.2) is 16.6 Å². The highest BCUT2D eigenvalue weighted by Crippen LogP contribution is 2.37. The van der Waals surface area contributed by atoms with E-state index in [2.05, 4.69) is 51.9 Å². The van der Waals surface area contributed by atoms with Crippen molar-refractivity contribution in [2.45, 2.75) is 13.8 Å².